The predicted octanol–water partition coefficient (Wildman–Crippen LogP) is 3.42. The van der Waals surface area contributed by atoms with E-state index in [2.05, 4.69) is 6.92 Å². The molecular formula is C21H41NO7. The second kappa shape index (κ2) is 17.5. The van der Waals surface area contributed by atoms with Crippen molar-refractivity contribution in [2.75, 3.05) is 59.3 Å². The van der Waals surface area contributed by atoms with Gasteiger partial charge in [0, 0.05) is 26.1 Å². The lowest BCUT2D eigenvalue weighted by Crippen LogP contribution is -2.39. The van der Waals surface area contributed by atoms with Crippen LogP contribution in [0.5, 0.6) is 0 Å². The predicted molar refractivity (Wildman–Crippen MR) is 111 cm³/mol. The molecule has 0 aliphatic carbocycles. The number of esters is 1. The van der Waals surface area contributed by atoms with Crippen molar-refractivity contribution in [1.82, 2.24) is 4.90 Å². The Morgan fingerprint density at radius 1 is 0.793 bits per heavy atom. The van der Waals surface area contributed by atoms with Crippen LogP contribution in [0.25, 0.3) is 0 Å². The SMILES string of the molecule is CCCOCCOCCOCCN(CCCCC(=O)OCC)C(=O)OC(C)(C)C. The lowest BCUT2D eigenvalue weighted by molar-refractivity contribution is -0.143. The molecule has 0 rings (SSSR count). The number of nitrogens with zero attached hydrogens (tertiary/aromatic N) is 1. The zero-order chi connectivity index (χ0) is 22.0. The number of rotatable bonds is 17. The molecule has 1 amide bonds. The molecule has 0 unspecified atom stereocenters. The van der Waals surface area contributed by atoms with Crippen LogP contribution in [-0.4, -0.2) is 81.9 Å². The minimum Gasteiger partial charge on any atom is -0.466 e. The minimum absolute atomic E-state index is 0.209. The van der Waals surface area contributed by atoms with Crippen LogP contribution >= 0.6 is 0 Å². The summed E-state index contributed by atoms with van der Waals surface area (Å²) in [6, 6.07) is 0. The summed E-state index contributed by atoms with van der Waals surface area (Å²) in [5.74, 6) is -0.209. The Labute approximate surface area is 176 Å². The van der Waals surface area contributed by atoms with Crippen molar-refractivity contribution >= 4 is 12.1 Å². The summed E-state index contributed by atoms with van der Waals surface area (Å²) in [6.45, 7) is 13.9. The van der Waals surface area contributed by atoms with E-state index in [9.17, 15) is 9.59 Å². The van der Waals surface area contributed by atoms with Crippen LogP contribution in [0.15, 0.2) is 0 Å². The first-order valence-corrected chi connectivity index (χ1v) is 10.7. The average molecular weight is 420 g/mol. The van der Waals surface area contributed by atoms with E-state index in [4.69, 9.17) is 23.7 Å². The van der Waals surface area contributed by atoms with Gasteiger partial charge in [0.2, 0.25) is 0 Å². The lowest BCUT2D eigenvalue weighted by atomic mass is 10.2. The molecule has 8 nitrogen and oxygen atoms in total. The van der Waals surface area contributed by atoms with Gasteiger partial charge >= 0.3 is 12.1 Å². The zero-order valence-corrected chi connectivity index (χ0v) is 19.0. The third-order valence-corrected chi connectivity index (χ3v) is 3.61. The van der Waals surface area contributed by atoms with Gasteiger partial charge in [-0.1, -0.05) is 6.92 Å². The molecule has 0 heterocycles. The normalized spacial score (nSPS) is 11.3. The molecule has 0 saturated heterocycles. The van der Waals surface area contributed by atoms with Crippen molar-refractivity contribution in [3.8, 4) is 0 Å². The average Bonchev–Trinajstić information content (AvgIpc) is 2.63. The van der Waals surface area contributed by atoms with E-state index < -0.39 is 5.60 Å². The second-order valence-electron chi connectivity index (χ2n) is 7.57. The summed E-state index contributed by atoms with van der Waals surface area (Å²) in [7, 11) is 0. The van der Waals surface area contributed by atoms with E-state index >= 15 is 0 Å². The van der Waals surface area contributed by atoms with Gasteiger partial charge in [0.25, 0.3) is 0 Å². The van der Waals surface area contributed by atoms with E-state index in [0.29, 0.717) is 72.0 Å². The van der Waals surface area contributed by atoms with Crippen LogP contribution in [0.3, 0.4) is 0 Å². The molecule has 0 saturated carbocycles. The smallest absolute Gasteiger partial charge is 0.410 e. The highest BCUT2D eigenvalue weighted by Gasteiger charge is 2.21. The summed E-state index contributed by atoms with van der Waals surface area (Å²) >= 11 is 0. The molecule has 0 spiro atoms. The molecule has 0 bridgehead atoms. The summed E-state index contributed by atoms with van der Waals surface area (Å²) in [6.07, 6.45) is 2.33. The van der Waals surface area contributed by atoms with Crippen molar-refractivity contribution in [3.63, 3.8) is 0 Å². The highest BCUT2D eigenvalue weighted by atomic mass is 16.6. The molecule has 0 atom stereocenters. The topological polar surface area (TPSA) is 83.5 Å². The molecule has 0 N–H and O–H groups in total. The van der Waals surface area contributed by atoms with E-state index in [1.807, 2.05) is 20.8 Å². The third kappa shape index (κ3) is 18.4. The fourth-order valence-corrected chi connectivity index (χ4v) is 2.29. The van der Waals surface area contributed by atoms with Gasteiger partial charge in [-0.3, -0.25) is 4.79 Å². The van der Waals surface area contributed by atoms with Crippen LogP contribution < -0.4 is 0 Å². The third-order valence-electron chi connectivity index (χ3n) is 3.61. The Morgan fingerprint density at radius 3 is 1.93 bits per heavy atom. The first-order chi connectivity index (χ1) is 13.8. The summed E-state index contributed by atoms with van der Waals surface area (Å²) < 4.78 is 26.7. The Balaban J connectivity index is 4.09. The quantitative estimate of drug-likeness (QED) is 0.264. The zero-order valence-electron chi connectivity index (χ0n) is 19.0. The molecule has 0 aromatic carbocycles. The van der Waals surface area contributed by atoms with Crippen LogP contribution in [0.1, 0.15) is 60.3 Å². The maximum Gasteiger partial charge on any atom is 0.410 e. The number of unbranched alkanes of at least 4 members (excludes halogenated alkanes) is 1. The molecule has 0 aliphatic heterocycles. The molecule has 0 aromatic heterocycles. The first kappa shape index (κ1) is 27.6. The van der Waals surface area contributed by atoms with Crippen molar-refractivity contribution in [3.05, 3.63) is 0 Å². The number of hydrogen-bond acceptors (Lipinski definition) is 7. The maximum absolute atomic E-state index is 12.4. The number of carbonyl (C=O) groups excluding carboxylic acids is 2. The number of amides is 1. The molecule has 0 fully saturated rings. The number of ether oxygens (including phenoxy) is 5. The standard InChI is InChI=1S/C21H41NO7/c1-6-13-25-15-17-27-18-16-26-14-12-22(20(24)29-21(3,4)5)11-9-8-10-19(23)28-7-2/h6-18H2,1-5H3. The fraction of sp³-hybridized carbons (Fsp3) is 0.905. The molecule has 0 aromatic rings. The Hall–Kier alpha value is -1.38. The summed E-state index contributed by atoms with van der Waals surface area (Å²) in [5, 5.41) is 0. The molecule has 8 heteroatoms. The van der Waals surface area contributed by atoms with E-state index in [0.717, 1.165) is 13.0 Å². The van der Waals surface area contributed by atoms with Crippen LogP contribution in [0, 0.1) is 0 Å². The van der Waals surface area contributed by atoms with Gasteiger partial charge in [-0.15, -0.1) is 0 Å². The Morgan fingerprint density at radius 2 is 1.38 bits per heavy atom. The molecule has 0 aliphatic rings. The largest absolute Gasteiger partial charge is 0.466 e. The Bertz CT molecular complexity index is 424. The minimum atomic E-state index is -0.561. The van der Waals surface area contributed by atoms with Crippen molar-refractivity contribution < 1.29 is 33.3 Å². The highest BCUT2D eigenvalue weighted by molar-refractivity contribution is 5.69. The van der Waals surface area contributed by atoms with Gasteiger partial charge < -0.3 is 28.6 Å². The van der Waals surface area contributed by atoms with Gasteiger partial charge in [-0.2, -0.15) is 0 Å². The van der Waals surface area contributed by atoms with Gasteiger partial charge in [-0.05, 0) is 47.0 Å². The molecular weight excluding hydrogens is 378 g/mol. The van der Waals surface area contributed by atoms with E-state index in [1.54, 1.807) is 11.8 Å². The number of carbonyl (C=O) groups is 2. The van der Waals surface area contributed by atoms with Gasteiger partial charge in [0.15, 0.2) is 0 Å². The van der Waals surface area contributed by atoms with Gasteiger partial charge in [0.1, 0.15) is 5.60 Å². The summed E-state index contributed by atoms with van der Waals surface area (Å²) in [5.41, 5.74) is -0.561. The first-order valence-electron chi connectivity index (χ1n) is 10.7. The number of hydrogen-bond donors (Lipinski definition) is 0. The summed E-state index contributed by atoms with van der Waals surface area (Å²) in [4.78, 5) is 25.4. The lowest BCUT2D eigenvalue weighted by Gasteiger charge is -2.27. The van der Waals surface area contributed by atoms with Crippen LogP contribution in [0.4, 0.5) is 4.79 Å². The highest BCUT2D eigenvalue weighted by Crippen LogP contribution is 2.11. The maximum atomic E-state index is 12.4. The van der Waals surface area contributed by atoms with Gasteiger partial charge in [0.05, 0.1) is 39.6 Å². The Kier molecular flexibility index (Phi) is 16.6. The van der Waals surface area contributed by atoms with E-state index in [-0.39, 0.29) is 12.1 Å². The van der Waals surface area contributed by atoms with Crippen molar-refractivity contribution in [1.29, 1.82) is 0 Å². The molecule has 172 valence electrons. The molecule has 29 heavy (non-hydrogen) atoms. The fourth-order valence-electron chi connectivity index (χ4n) is 2.29. The second-order valence-corrected chi connectivity index (χ2v) is 7.57. The molecule has 0 radical (unpaired) electrons. The van der Waals surface area contributed by atoms with E-state index in [1.165, 1.54) is 0 Å². The monoisotopic (exact) mass is 419 g/mol. The van der Waals surface area contributed by atoms with Crippen molar-refractivity contribution in [2.24, 2.45) is 0 Å². The van der Waals surface area contributed by atoms with Gasteiger partial charge in [-0.25, -0.2) is 4.79 Å². The van der Waals surface area contributed by atoms with Crippen molar-refractivity contribution in [2.45, 2.75) is 65.9 Å². The van der Waals surface area contributed by atoms with Crippen LogP contribution in [0.2, 0.25) is 0 Å². The van der Waals surface area contributed by atoms with Crippen LogP contribution in [-0.2, 0) is 28.5 Å².